The highest BCUT2D eigenvalue weighted by atomic mass is 32.1. The van der Waals surface area contributed by atoms with Gasteiger partial charge in [-0.3, -0.25) is 4.99 Å². The first-order valence-corrected chi connectivity index (χ1v) is 8.54. The molecule has 0 bridgehead atoms. The highest BCUT2D eigenvalue weighted by Gasteiger charge is 2.11. The number of anilines is 1. The third-order valence-corrected chi connectivity index (χ3v) is 5.11. The van der Waals surface area contributed by atoms with Gasteiger partial charge in [0.1, 0.15) is 0 Å². The molecular weight excluding hydrogens is 292 g/mol. The third-order valence-electron chi connectivity index (χ3n) is 3.97. The molecule has 1 aliphatic carbocycles. The number of aliphatic imine (C=N–C) groups is 1. The normalized spacial score (nSPS) is 15.6. The van der Waals surface area contributed by atoms with Gasteiger partial charge >= 0.3 is 0 Å². The van der Waals surface area contributed by atoms with E-state index in [-0.39, 0.29) is 0 Å². The summed E-state index contributed by atoms with van der Waals surface area (Å²) in [5.74, 6) is 0.761. The molecule has 1 aliphatic rings. The first kappa shape index (κ1) is 15.0. The maximum atomic E-state index is 6.00. The van der Waals surface area contributed by atoms with Crippen LogP contribution in [0.1, 0.15) is 40.3 Å². The summed E-state index contributed by atoms with van der Waals surface area (Å²) in [6.45, 7) is 4.85. The molecule has 1 heterocycles. The number of fused-ring (bicyclic) bond motifs is 1. The van der Waals surface area contributed by atoms with Crippen LogP contribution in [0, 0.1) is 6.92 Å². The molecule has 0 amide bonds. The van der Waals surface area contributed by atoms with Crippen molar-refractivity contribution < 1.29 is 0 Å². The standard InChI is InChI=1S/C17H22N4S/c1-11(16-19-10-12(2)22-16)9-20-17(18)21-15-7-6-13-4-3-5-14(13)8-15/h6-8,10-11H,3-5,9H2,1-2H3,(H3,18,20,21). The minimum absolute atomic E-state index is 0.291. The maximum absolute atomic E-state index is 6.00. The van der Waals surface area contributed by atoms with Gasteiger partial charge in [-0.1, -0.05) is 13.0 Å². The average Bonchev–Trinajstić information content (AvgIpc) is 3.13. The van der Waals surface area contributed by atoms with Gasteiger partial charge in [0, 0.05) is 22.7 Å². The summed E-state index contributed by atoms with van der Waals surface area (Å²) in [5, 5.41) is 4.31. The van der Waals surface area contributed by atoms with Crippen molar-refractivity contribution in [1.29, 1.82) is 0 Å². The number of nitrogens with zero attached hydrogens (tertiary/aromatic N) is 2. The van der Waals surface area contributed by atoms with E-state index in [0.29, 0.717) is 18.4 Å². The van der Waals surface area contributed by atoms with Crippen molar-refractivity contribution in [2.75, 3.05) is 11.9 Å². The van der Waals surface area contributed by atoms with Gasteiger partial charge in [0.15, 0.2) is 5.96 Å². The third kappa shape index (κ3) is 3.47. The molecule has 0 fully saturated rings. The van der Waals surface area contributed by atoms with Gasteiger partial charge in [0.25, 0.3) is 0 Å². The SMILES string of the molecule is Cc1cnc(C(C)CN=C(N)Nc2ccc3c(c2)CCC3)s1. The topological polar surface area (TPSA) is 63.3 Å². The number of hydrogen-bond donors (Lipinski definition) is 2. The van der Waals surface area contributed by atoms with E-state index in [1.807, 2.05) is 6.20 Å². The Hall–Kier alpha value is -1.88. The molecule has 0 radical (unpaired) electrons. The van der Waals surface area contributed by atoms with E-state index in [1.54, 1.807) is 11.3 Å². The van der Waals surface area contributed by atoms with Crippen molar-refractivity contribution in [2.24, 2.45) is 10.7 Å². The van der Waals surface area contributed by atoms with E-state index in [4.69, 9.17) is 5.73 Å². The minimum Gasteiger partial charge on any atom is -0.370 e. The van der Waals surface area contributed by atoms with Crippen molar-refractivity contribution in [3.05, 3.63) is 45.4 Å². The molecular formula is C17H22N4S. The van der Waals surface area contributed by atoms with Gasteiger partial charge in [0.05, 0.1) is 11.6 Å². The predicted molar refractivity (Wildman–Crippen MR) is 93.8 cm³/mol. The van der Waals surface area contributed by atoms with Gasteiger partial charge in [-0.05, 0) is 49.4 Å². The van der Waals surface area contributed by atoms with Crippen molar-refractivity contribution in [3.63, 3.8) is 0 Å². The lowest BCUT2D eigenvalue weighted by molar-refractivity contribution is 0.766. The van der Waals surface area contributed by atoms with Crippen LogP contribution in [-0.4, -0.2) is 17.5 Å². The molecule has 1 atom stereocenters. The summed E-state index contributed by atoms with van der Waals surface area (Å²) < 4.78 is 0. The molecule has 1 unspecified atom stereocenters. The summed E-state index contributed by atoms with van der Waals surface area (Å²) in [7, 11) is 0. The van der Waals surface area contributed by atoms with E-state index in [1.165, 1.54) is 35.3 Å². The van der Waals surface area contributed by atoms with Crippen LogP contribution >= 0.6 is 11.3 Å². The quantitative estimate of drug-likeness (QED) is 0.671. The Morgan fingerprint density at radius 2 is 2.23 bits per heavy atom. The zero-order chi connectivity index (χ0) is 15.5. The van der Waals surface area contributed by atoms with Gasteiger partial charge in [-0.25, -0.2) is 4.98 Å². The molecule has 1 aromatic heterocycles. The Morgan fingerprint density at radius 3 is 3.00 bits per heavy atom. The van der Waals surface area contributed by atoms with Gasteiger partial charge < -0.3 is 11.1 Å². The first-order chi connectivity index (χ1) is 10.6. The van der Waals surface area contributed by atoms with Crippen LogP contribution in [-0.2, 0) is 12.8 Å². The smallest absolute Gasteiger partial charge is 0.193 e. The molecule has 1 aromatic carbocycles. The summed E-state index contributed by atoms with van der Waals surface area (Å²) in [6, 6.07) is 6.47. The minimum atomic E-state index is 0.291. The second-order valence-corrected chi connectivity index (χ2v) is 7.16. The lowest BCUT2D eigenvalue weighted by atomic mass is 10.1. The van der Waals surface area contributed by atoms with E-state index in [0.717, 1.165) is 10.7 Å². The van der Waals surface area contributed by atoms with Crippen LogP contribution < -0.4 is 11.1 Å². The molecule has 0 aliphatic heterocycles. The summed E-state index contributed by atoms with van der Waals surface area (Å²) in [5.41, 5.74) is 9.93. The van der Waals surface area contributed by atoms with Crippen molar-refractivity contribution >= 4 is 23.0 Å². The van der Waals surface area contributed by atoms with Gasteiger partial charge in [0.2, 0.25) is 0 Å². The van der Waals surface area contributed by atoms with Crippen LogP contribution in [0.2, 0.25) is 0 Å². The Labute approximate surface area is 135 Å². The van der Waals surface area contributed by atoms with Crippen LogP contribution in [0.3, 0.4) is 0 Å². The molecule has 0 spiro atoms. The van der Waals surface area contributed by atoms with E-state index in [2.05, 4.69) is 47.3 Å². The molecule has 3 N–H and O–H groups in total. The fourth-order valence-electron chi connectivity index (χ4n) is 2.75. The zero-order valence-electron chi connectivity index (χ0n) is 13.1. The largest absolute Gasteiger partial charge is 0.370 e. The molecule has 5 heteroatoms. The molecule has 3 rings (SSSR count). The molecule has 2 aromatic rings. The first-order valence-electron chi connectivity index (χ1n) is 7.73. The monoisotopic (exact) mass is 314 g/mol. The molecule has 4 nitrogen and oxygen atoms in total. The van der Waals surface area contributed by atoms with E-state index >= 15 is 0 Å². The van der Waals surface area contributed by atoms with Gasteiger partial charge in [-0.15, -0.1) is 11.3 Å². The zero-order valence-corrected chi connectivity index (χ0v) is 13.9. The maximum Gasteiger partial charge on any atom is 0.193 e. The predicted octanol–water partition coefficient (Wildman–Crippen LogP) is 3.47. The number of nitrogens with one attached hydrogen (secondary N) is 1. The Morgan fingerprint density at radius 1 is 1.41 bits per heavy atom. The highest BCUT2D eigenvalue weighted by Crippen LogP contribution is 2.25. The van der Waals surface area contributed by atoms with Crippen LogP contribution in [0.5, 0.6) is 0 Å². The van der Waals surface area contributed by atoms with E-state index < -0.39 is 0 Å². The lowest BCUT2D eigenvalue weighted by Gasteiger charge is -2.09. The van der Waals surface area contributed by atoms with Crippen molar-refractivity contribution in [1.82, 2.24) is 4.98 Å². The van der Waals surface area contributed by atoms with Crippen LogP contribution in [0.25, 0.3) is 0 Å². The number of thiazole rings is 1. The molecule has 22 heavy (non-hydrogen) atoms. The summed E-state index contributed by atoms with van der Waals surface area (Å²) >= 11 is 1.72. The Balaban J connectivity index is 1.60. The fraction of sp³-hybridized carbons (Fsp3) is 0.412. The lowest BCUT2D eigenvalue weighted by Crippen LogP contribution is -2.23. The second-order valence-electron chi connectivity index (χ2n) is 5.90. The second kappa shape index (κ2) is 6.48. The van der Waals surface area contributed by atoms with Crippen LogP contribution in [0.4, 0.5) is 5.69 Å². The van der Waals surface area contributed by atoms with Crippen LogP contribution in [0.15, 0.2) is 29.4 Å². The average molecular weight is 314 g/mol. The molecule has 116 valence electrons. The van der Waals surface area contributed by atoms with Crippen molar-refractivity contribution in [2.45, 2.75) is 39.0 Å². The van der Waals surface area contributed by atoms with E-state index in [9.17, 15) is 0 Å². The Kier molecular flexibility index (Phi) is 4.43. The number of benzene rings is 1. The Bertz CT molecular complexity index is 690. The number of guanidine groups is 1. The number of hydrogen-bond acceptors (Lipinski definition) is 3. The number of nitrogens with two attached hydrogens (primary N) is 1. The number of aryl methyl sites for hydroxylation is 3. The highest BCUT2D eigenvalue weighted by molar-refractivity contribution is 7.11. The molecule has 0 saturated heterocycles. The number of aromatic nitrogens is 1. The summed E-state index contributed by atoms with van der Waals surface area (Å²) in [6.07, 6.45) is 5.53. The molecule has 0 saturated carbocycles. The van der Waals surface area contributed by atoms with Crippen molar-refractivity contribution in [3.8, 4) is 0 Å². The fourth-order valence-corrected chi connectivity index (χ4v) is 3.57. The number of rotatable bonds is 4. The summed E-state index contributed by atoms with van der Waals surface area (Å²) in [4.78, 5) is 10.1. The van der Waals surface area contributed by atoms with Gasteiger partial charge in [-0.2, -0.15) is 0 Å².